The Morgan fingerprint density at radius 3 is 3.00 bits per heavy atom. The van der Waals surface area contributed by atoms with E-state index in [4.69, 9.17) is 27.9 Å². The summed E-state index contributed by atoms with van der Waals surface area (Å²) in [5, 5.41) is 3.86. The topological polar surface area (TPSA) is 51.2 Å². The zero-order chi connectivity index (χ0) is 14.8. The van der Waals surface area contributed by atoms with E-state index >= 15 is 0 Å². The number of rotatable bonds is 3. The first-order chi connectivity index (χ1) is 10.1. The van der Waals surface area contributed by atoms with Crippen molar-refractivity contribution in [2.24, 2.45) is 0 Å². The lowest BCUT2D eigenvalue weighted by molar-refractivity contribution is -0.121. The summed E-state index contributed by atoms with van der Waals surface area (Å²) in [6.07, 6.45) is 1.90. The molecule has 1 amide bonds. The summed E-state index contributed by atoms with van der Waals surface area (Å²) in [4.78, 5) is 16.2. The first-order valence-electron chi connectivity index (χ1n) is 6.44. The van der Waals surface area contributed by atoms with Crippen LogP contribution in [0.5, 0.6) is 5.88 Å². The fourth-order valence-electron chi connectivity index (χ4n) is 2.24. The second-order valence-corrected chi connectivity index (χ2v) is 5.57. The third kappa shape index (κ3) is 3.12. The standard InChI is InChI=1S/C15H12Cl2N2O2/c16-11-4-3-9(6-12(11)17)7-14(20)19-13-8-21-15-10(13)2-1-5-18-15/h1-6,13H,7-8H2,(H,19,20). The van der Waals surface area contributed by atoms with Crippen LogP contribution >= 0.6 is 23.2 Å². The predicted octanol–water partition coefficient (Wildman–Crippen LogP) is 3.18. The molecule has 0 saturated heterocycles. The van der Waals surface area contributed by atoms with Crippen LogP contribution in [0.15, 0.2) is 36.5 Å². The number of pyridine rings is 1. The Morgan fingerprint density at radius 1 is 1.33 bits per heavy atom. The smallest absolute Gasteiger partial charge is 0.225 e. The number of carbonyl (C=O) groups is 1. The van der Waals surface area contributed by atoms with Crippen molar-refractivity contribution in [3.63, 3.8) is 0 Å². The van der Waals surface area contributed by atoms with Crippen LogP contribution < -0.4 is 10.1 Å². The summed E-state index contributed by atoms with van der Waals surface area (Å²) >= 11 is 11.8. The number of nitrogens with zero attached hydrogens (tertiary/aromatic N) is 1. The minimum absolute atomic E-state index is 0.0984. The minimum atomic E-state index is -0.163. The molecule has 1 N–H and O–H groups in total. The highest BCUT2D eigenvalue weighted by Gasteiger charge is 2.26. The Morgan fingerprint density at radius 2 is 2.19 bits per heavy atom. The summed E-state index contributed by atoms with van der Waals surface area (Å²) in [6, 6.07) is 8.73. The number of amides is 1. The van der Waals surface area contributed by atoms with E-state index in [0.29, 0.717) is 22.5 Å². The lowest BCUT2D eigenvalue weighted by Gasteiger charge is -2.11. The van der Waals surface area contributed by atoms with E-state index in [1.54, 1.807) is 24.4 Å². The molecule has 0 radical (unpaired) electrons. The molecule has 2 aromatic rings. The quantitative estimate of drug-likeness (QED) is 0.944. The van der Waals surface area contributed by atoms with Crippen LogP contribution in [0.4, 0.5) is 0 Å². The molecule has 1 aliphatic rings. The maximum absolute atomic E-state index is 12.1. The lowest BCUT2D eigenvalue weighted by Crippen LogP contribution is -2.30. The average Bonchev–Trinajstić information content (AvgIpc) is 2.86. The number of nitrogens with one attached hydrogen (secondary N) is 1. The van der Waals surface area contributed by atoms with Crippen molar-refractivity contribution in [2.45, 2.75) is 12.5 Å². The zero-order valence-electron chi connectivity index (χ0n) is 11.0. The van der Waals surface area contributed by atoms with Gasteiger partial charge in [0, 0.05) is 11.8 Å². The van der Waals surface area contributed by atoms with Gasteiger partial charge >= 0.3 is 0 Å². The number of ether oxygens (including phenoxy) is 1. The van der Waals surface area contributed by atoms with Crippen molar-refractivity contribution < 1.29 is 9.53 Å². The second-order valence-electron chi connectivity index (χ2n) is 4.75. The molecule has 2 heterocycles. The molecule has 1 atom stereocenters. The van der Waals surface area contributed by atoms with Crippen LogP contribution in [0.3, 0.4) is 0 Å². The molecule has 1 aromatic carbocycles. The molecule has 0 saturated carbocycles. The highest BCUT2D eigenvalue weighted by Crippen LogP contribution is 2.29. The number of carbonyl (C=O) groups excluding carboxylic acids is 1. The van der Waals surface area contributed by atoms with Gasteiger partial charge in [-0.1, -0.05) is 29.3 Å². The zero-order valence-corrected chi connectivity index (χ0v) is 12.5. The van der Waals surface area contributed by atoms with Crippen molar-refractivity contribution >= 4 is 29.1 Å². The predicted molar refractivity (Wildman–Crippen MR) is 80.8 cm³/mol. The maximum Gasteiger partial charge on any atom is 0.225 e. The van der Waals surface area contributed by atoms with Crippen molar-refractivity contribution in [1.29, 1.82) is 0 Å². The number of aromatic nitrogens is 1. The van der Waals surface area contributed by atoms with Gasteiger partial charge in [0.05, 0.1) is 22.5 Å². The normalized spacial score (nSPS) is 16.2. The highest BCUT2D eigenvalue weighted by atomic mass is 35.5. The Hall–Kier alpha value is -1.78. The largest absolute Gasteiger partial charge is 0.475 e. The van der Waals surface area contributed by atoms with Gasteiger partial charge in [-0.25, -0.2) is 4.98 Å². The molecular formula is C15H12Cl2N2O2. The summed E-state index contributed by atoms with van der Waals surface area (Å²) in [7, 11) is 0. The average molecular weight is 323 g/mol. The summed E-state index contributed by atoms with van der Waals surface area (Å²) in [5.74, 6) is 0.482. The van der Waals surface area contributed by atoms with Gasteiger partial charge in [-0.05, 0) is 29.8 Å². The van der Waals surface area contributed by atoms with Crippen LogP contribution in [0, 0.1) is 0 Å². The number of benzene rings is 1. The first-order valence-corrected chi connectivity index (χ1v) is 7.20. The van der Waals surface area contributed by atoms with Crippen molar-refractivity contribution in [1.82, 2.24) is 10.3 Å². The summed E-state index contributed by atoms with van der Waals surface area (Å²) in [6.45, 7) is 0.402. The van der Waals surface area contributed by atoms with E-state index < -0.39 is 0 Å². The van der Waals surface area contributed by atoms with Gasteiger partial charge in [-0.2, -0.15) is 0 Å². The van der Waals surface area contributed by atoms with Gasteiger partial charge in [-0.15, -0.1) is 0 Å². The SMILES string of the molecule is O=C(Cc1ccc(Cl)c(Cl)c1)NC1COc2ncccc21. The van der Waals surface area contributed by atoms with Crippen molar-refractivity contribution in [3.8, 4) is 5.88 Å². The highest BCUT2D eigenvalue weighted by molar-refractivity contribution is 6.42. The molecule has 0 fully saturated rings. The summed E-state index contributed by atoms with van der Waals surface area (Å²) in [5.41, 5.74) is 1.72. The molecule has 1 unspecified atom stereocenters. The molecule has 0 spiro atoms. The number of hydrogen-bond donors (Lipinski definition) is 1. The third-order valence-corrected chi connectivity index (χ3v) is 3.99. The number of fused-ring (bicyclic) bond motifs is 1. The van der Waals surface area contributed by atoms with Crippen molar-refractivity contribution in [2.75, 3.05) is 6.61 Å². The third-order valence-electron chi connectivity index (χ3n) is 3.25. The number of halogens is 2. The van der Waals surface area contributed by atoms with E-state index in [9.17, 15) is 4.79 Å². The van der Waals surface area contributed by atoms with Gasteiger partial charge < -0.3 is 10.1 Å². The maximum atomic E-state index is 12.1. The molecule has 4 nitrogen and oxygen atoms in total. The lowest BCUT2D eigenvalue weighted by atomic mass is 10.1. The second kappa shape index (κ2) is 5.92. The number of hydrogen-bond acceptors (Lipinski definition) is 3. The molecule has 0 bridgehead atoms. The Labute approximate surface area is 132 Å². The van der Waals surface area contributed by atoms with E-state index in [-0.39, 0.29) is 18.4 Å². The molecule has 6 heteroatoms. The van der Waals surface area contributed by atoms with E-state index in [2.05, 4.69) is 10.3 Å². The van der Waals surface area contributed by atoms with E-state index in [0.717, 1.165) is 11.1 Å². The molecule has 0 aliphatic carbocycles. The Kier molecular flexibility index (Phi) is 3.99. The van der Waals surface area contributed by atoms with E-state index in [1.165, 1.54) is 0 Å². The summed E-state index contributed by atoms with van der Waals surface area (Å²) < 4.78 is 5.43. The van der Waals surface area contributed by atoms with Crippen molar-refractivity contribution in [3.05, 3.63) is 57.7 Å². The van der Waals surface area contributed by atoms with Gasteiger partial charge in [0.2, 0.25) is 11.8 Å². The molecule has 3 rings (SSSR count). The van der Waals surface area contributed by atoms with Gasteiger partial charge in [-0.3, -0.25) is 4.79 Å². The molecule has 108 valence electrons. The molecule has 1 aliphatic heterocycles. The fourth-order valence-corrected chi connectivity index (χ4v) is 2.56. The van der Waals surface area contributed by atoms with Gasteiger partial charge in [0.1, 0.15) is 6.61 Å². The fraction of sp³-hybridized carbons (Fsp3) is 0.200. The Bertz CT molecular complexity index is 691. The Balaban J connectivity index is 1.66. The van der Waals surface area contributed by atoms with Crippen LogP contribution in [0.25, 0.3) is 0 Å². The molecule has 21 heavy (non-hydrogen) atoms. The van der Waals surface area contributed by atoms with Crippen LogP contribution in [-0.4, -0.2) is 17.5 Å². The van der Waals surface area contributed by atoms with Crippen LogP contribution in [-0.2, 0) is 11.2 Å². The van der Waals surface area contributed by atoms with Crippen LogP contribution in [0.2, 0.25) is 10.0 Å². The molecular weight excluding hydrogens is 311 g/mol. The first kappa shape index (κ1) is 14.2. The molecule has 1 aromatic heterocycles. The van der Waals surface area contributed by atoms with E-state index in [1.807, 2.05) is 12.1 Å². The van der Waals surface area contributed by atoms with Gasteiger partial charge in [0.25, 0.3) is 0 Å². The monoisotopic (exact) mass is 322 g/mol. The van der Waals surface area contributed by atoms with Crippen LogP contribution in [0.1, 0.15) is 17.2 Å². The minimum Gasteiger partial charge on any atom is -0.475 e. The van der Waals surface area contributed by atoms with Gasteiger partial charge in [0.15, 0.2) is 0 Å².